The molecule has 0 aromatic carbocycles. The van der Waals surface area contributed by atoms with Gasteiger partial charge in [0.05, 0.1) is 24.2 Å². The number of unbranched alkanes of at least 4 members (excludes halogenated alkanes) is 4. The van der Waals surface area contributed by atoms with Crippen LogP contribution in [0.5, 0.6) is 0 Å². The number of hydrogen-bond donors (Lipinski definition) is 10. The quantitative estimate of drug-likeness (QED) is 0.0140. The van der Waals surface area contributed by atoms with Crippen LogP contribution in [-0.4, -0.2) is 184 Å². The van der Waals surface area contributed by atoms with Gasteiger partial charge in [-0.15, -0.1) is 0 Å². The van der Waals surface area contributed by atoms with Gasteiger partial charge in [0.25, 0.3) is 0 Å². The van der Waals surface area contributed by atoms with Gasteiger partial charge in [-0.3, -0.25) is 52.7 Å². The zero-order valence-electron chi connectivity index (χ0n) is 52.9. The summed E-state index contributed by atoms with van der Waals surface area (Å²) in [6, 6.07) is -3.32. The predicted molar refractivity (Wildman–Crippen MR) is 312 cm³/mol. The summed E-state index contributed by atoms with van der Waals surface area (Å²) in [5.41, 5.74) is -0.882. The average Bonchev–Trinajstić information content (AvgIpc) is 1.53. The highest BCUT2D eigenvalue weighted by Crippen LogP contribution is 2.57. The van der Waals surface area contributed by atoms with Gasteiger partial charge in [-0.05, 0) is 84.8 Å². The van der Waals surface area contributed by atoms with E-state index in [1.165, 1.54) is 26.8 Å². The van der Waals surface area contributed by atoms with Crippen molar-refractivity contribution in [2.24, 2.45) is 23.5 Å². The van der Waals surface area contributed by atoms with E-state index in [4.69, 9.17) is 44.7 Å². The van der Waals surface area contributed by atoms with Crippen LogP contribution in [0.25, 0.3) is 0 Å². The number of carboxylic acid groups (broad SMARTS) is 5. The molecule has 0 aromatic rings. The molecule has 0 unspecified atom stereocenters. The van der Waals surface area contributed by atoms with Gasteiger partial charge in [0, 0.05) is 89.7 Å². The molecule has 0 aromatic heterocycles. The number of ether oxygens (including phenoxy) is 5. The van der Waals surface area contributed by atoms with Crippen molar-refractivity contribution < 1.29 is 131 Å². The number of fused-ring (bicyclic) bond motifs is 3. The Morgan fingerprint density at radius 2 is 1.18 bits per heavy atom. The summed E-state index contributed by atoms with van der Waals surface area (Å²) in [5, 5.41) is 74.0. The van der Waals surface area contributed by atoms with Crippen LogP contribution in [0.2, 0.25) is 0 Å². The number of carbonyl (C=O) groups excluding carboxylic acids is 10. The van der Waals surface area contributed by atoms with E-state index in [1.54, 1.807) is 13.8 Å². The second-order valence-corrected chi connectivity index (χ2v) is 23.7. The fourth-order valence-corrected chi connectivity index (χ4v) is 11.0. The normalized spacial score (nSPS) is 24.1. The SMILES string of the molecule is C/C=C(/C)C(=O)O[C@H]1C(C)=C2[C@H]([C@@H]1OC(=O)CCCCCCC)[C@@](C)(OC(C)=O)C[C@H](OC(=O)CCC(=O)C[C@@H](C)N)[C@@]1(O)[C@H]2OC(=O)[C@@]1(C)O.CC(=O)N[C@@H](CCC(=O)C[C@@H](CCC(=O)N[C@@H](CCC(=O)C[C@@H](CCC(=O)O)C(=O)O)C(=O)O)C(=O)O)C(=O)O. The summed E-state index contributed by atoms with van der Waals surface area (Å²) in [6.45, 7) is 13.2. The second-order valence-electron chi connectivity index (χ2n) is 23.7. The Kier molecular flexibility index (Phi) is 31.4. The number of ketones is 3. The maximum atomic E-state index is 13.4. The van der Waals surface area contributed by atoms with Crippen molar-refractivity contribution in [3.63, 3.8) is 0 Å². The number of carboxylic acids is 5. The molecule has 1 aliphatic heterocycles. The maximum absolute atomic E-state index is 13.4. The molecule has 3 aliphatic rings. The number of Topliss-reactive ketones (excluding diaryl/α,β-unsaturated/α-hetero) is 3. The van der Waals surface area contributed by atoms with Crippen molar-refractivity contribution in [2.75, 3.05) is 0 Å². The van der Waals surface area contributed by atoms with E-state index in [0.717, 1.165) is 46.5 Å². The minimum Gasteiger partial charge on any atom is -0.481 e. The van der Waals surface area contributed by atoms with Crippen LogP contribution < -0.4 is 16.4 Å². The molecule has 0 bridgehead atoms. The number of nitrogens with two attached hydrogens (primary N) is 1. The summed E-state index contributed by atoms with van der Waals surface area (Å²) in [5.74, 6) is -18.1. The lowest BCUT2D eigenvalue weighted by molar-refractivity contribution is -0.212. The Morgan fingerprint density at radius 3 is 1.66 bits per heavy atom. The molecule has 1 heterocycles. The molecule has 1 saturated carbocycles. The van der Waals surface area contributed by atoms with Crippen LogP contribution in [0.3, 0.4) is 0 Å². The lowest BCUT2D eigenvalue weighted by atomic mass is 9.75. The molecule has 0 spiro atoms. The minimum absolute atomic E-state index is 0.0254. The summed E-state index contributed by atoms with van der Waals surface area (Å²) in [7, 11) is 0. The third kappa shape index (κ3) is 23.6. The lowest BCUT2D eigenvalue weighted by Gasteiger charge is -2.41. The van der Waals surface area contributed by atoms with Gasteiger partial charge in [-0.1, -0.05) is 38.7 Å². The molecule has 3 rings (SSSR count). The van der Waals surface area contributed by atoms with E-state index in [1.807, 2.05) is 0 Å². The number of amides is 2. The summed E-state index contributed by atoms with van der Waals surface area (Å²) in [6.07, 6.45) is -5.47. The Labute approximate surface area is 525 Å². The highest BCUT2D eigenvalue weighted by Gasteiger charge is 2.76. The van der Waals surface area contributed by atoms with Gasteiger partial charge in [-0.25, -0.2) is 19.2 Å². The van der Waals surface area contributed by atoms with E-state index in [2.05, 4.69) is 17.6 Å². The van der Waals surface area contributed by atoms with Crippen LogP contribution in [0.1, 0.15) is 191 Å². The first-order valence-corrected chi connectivity index (χ1v) is 30.1. The summed E-state index contributed by atoms with van der Waals surface area (Å²) < 4.78 is 29.4. The largest absolute Gasteiger partial charge is 0.481 e. The molecule has 13 atom stereocenters. The molecule has 2 fully saturated rings. The Bertz CT molecular complexity index is 2790. The Morgan fingerprint density at radius 1 is 0.659 bits per heavy atom. The fraction of sp³-hybridized carbons (Fsp3) is 0.689. The van der Waals surface area contributed by atoms with E-state index in [9.17, 15) is 92.3 Å². The summed E-state index contributed by atoms with van der Waals surface area (Å²) in [4.78, 5) is 182. The number of esters is 5. The third-order valence-corrected chi connectivity index (χ3v) is 16.0. The number of aliphatic hydroxyl groups is 2. The molecule has 510 valence electrons. The van der Waals surface area contributed by atoms with Crippen LogP contribution in [-0.2, 0) is 95.6 Å². The molecule has 1 saturated heterocycles. The second kappa shape index (κ2) is 36.2. The minimum atomic E-state index is -2.69. The standard InChI is InChI=1S/C37H55NO13.C24H34N2O14/c1-9-11-12-13-14-15-26(41)48-31-29-28(22(5)30(31)49-33(43)20(3)10-2)32-37(46,36(8,45)34(44)50-32)25(19-35(29,7)51-23(6)39)47-27(42)17-16-24(40)18-21(4)38;1-12(27)25-17(23(37)38)6-4-15(28)10-13(21(33)34)2-8-19(30)26-18(24(39)40)7-5-16(29)11-14(22(35)36)3-9-20(31)32/h10,21,25,29-32,45-46H,9,11-19,38H2,1-8H3;13-14,17-18H,2-11H2,1H3,(H,25,27)(H,26,30)(H,31,32)(H,33,34)(H,35,36)(H,37,38)(H,39,40)/b20-10-;/t21-,25+,29-,30+,31+,32+,35+,36-,37-;13-,14-,17+,18+/m11/s1. The van der Waals surface area contributed by atoms with Gasteiger partial charge in [-0.2, -0.15) is 0 Å². The van der Waals surface area contributed by atoms with Gasteiger partial charge in [0.2, 0.25) is 11.8 Å². The first-order valence-electron chi connectivity index (χ1n) is 30.1. The average molecular weight is 1300 g/mol. The predicted octanol–water partition coefficient (Wildman–Crippen LogP) is 2.88. The number of allylic oxidation sites excluding steroid dienone is 1. The number of carbonyl (C=O) groups is 15. The molecule has 30 heteroatoms. The third-order valence-electron chi connectivity index (χ3n) is 16.0. The molecule has 11 N–H and O–H groups in total. The first kappa shape index (κ1) is 79.1. The van der Waals surface area contributed by atoms with Crippen molar-refractivity contribution in [3.05, 3.63) is 22.8 Å². The first-order chi connectivity index (χ1) is 42.3. The Balaban J connectivity index is 0.000000641. The highest BCUT2D eigenvalue weighted by molar-refractivity contribution is 5.90. The van der Waals surface area contributed by atoms with Gasteiger partial charge >= 0.3 is 59.7 Å². The van der Waals surface area contributed by atoms with Crippen molar-refractivity contribution in [2.45, 2.75) is 250 Å². The fourth-order valence-electron chi connectivity index (χ4n) is 11.0. The molecule has 30 nitrogen and oxygen atoms in total. The number of rotatable bonds is 38. The number of nitrogens with one attached hydrogen (secondary N) is 2. The monoisotopic (exact) mass is 1300 g/mol. The topological polar surface area (TPSA) is 494 Å². The van der Waals surface area contributed by atoms with E-state index >= 15 is 0 Å². The van der Waals surface area contributed by atoms with Crippen molar-refractivity contribution >= 4 is 88.9 Å². The number of hydrogen-bond acceptors (Lipinski definition) is 23. The van der Waals surface area contributed by atoms with Crippen LogP contribution in [0, 0.1) is 17.8 Å². The summed E-state index contributed by atoms with van der Waals surface area (Å²) >= 11 is 0. The van der Waals surface area contributed by atoms with E-state index < -0.39 is 212 Å². The maximum Gasteiger partial charge on any atom is 0.341 e. The smallest absolute Gasteiger partial charge is 0.341 e. The van der Waals surface area contributed by atoms with Crippen molar-refractivity contribution in [1.29, 1.82) is 0 Å². The van der Waals surface area contributed by atoms with Crippen LogP contribution in [0.4, 0.5) is 0 Å². The van der Waals surface area contributed by atoms with E-state index in [-0.39, 0.29) is 67.4 Å². The van der Waals surface area contributed by atoms with Gasteiger partial charge in [0.15, 0.2) is 29.5 Å². The lowest BCUT2D eigenvalue weighted by Crippen LogP contribution is -2.64. The molecule has 2 aliphatic carbocycles. The van der Waals surface area contributed by atoms with Gasteiger partial charge < -0.3 is 75.8 Å². The highest BCUT2D eigenvalue weighted by atomic mass is 16.6. The van der Waals surface area contributed by atoms with E-state index in [0.29, 0.717) is 6.42 Å². The Hall–Kier alpha value is -7.99. The zero-order chi connectivity index (χ0) is 69.5. The van der Waals surface area contributed by atoms with Crippen molar-refractivity contribution in [1.82, 2.24) is 10.6 Å². The molecular weight excluding hydrogens is 1210 g/mol. The molecule has 2 amide bonds. The molecule has 91 heavy (non-hydrogen) atoms. The van der Waals surface area contributed by atoms with Crippen molar-refractivity contribution in [3.8, 4) is 0 Å². The zero-order valence-corrected chi connectivity index (χ0v) is 52.9. The van der Waals surface area contributed by atoms with Crippen LogP contribution in [0.15, 0.2) is 22.8 Å². The number of aliphatic carboxylic acids is 5. The molecular formula is C61H89N3O27. The van der Waals surface area contributed by atoms with Crippen LogP contribution >= 0.6 is 0 Å². The molecule has 0 radical (unpaired) electrons. The van der Waals surface area contributed by atoms with Gasteiger partial charge in [0.1, 0.15) is 41.1 Å².